The fourth-order valence-electron chi connectivity index (χ4n) is 1.93. The third-order valence-corrected chi connectivity index (χ3v) is 5.36. The number of phenolic OH excluding ortho intramolecular Hbond substituents is 1. The molecule has 126 valence electrons. The number of sulfone groups is 1. The average molecular weight is 366 g/mol. The smallest absolute Gasteiger partial charge is 0.248 e. The minimum absolute atomic E-state index is 0.0262. The van der Waals surface area contributed by atoms with Crippen molar-refractivity contribution < 1.29 is 18.3 Å². The van der Waals surface area contributed by atoms with Gasteiger partial charge in [-0.15, -0.1) is 0 Å². The van der Waals surface area contributed by atoms with Gasteiger partial charge in [-0.1, -0.05) is 36.7 Å². The topological polar surface area (TPSA) is 83.5 Å². The summed E-state index contributed by atoms with van der Waals surface area (Å²) in [5, 5.41) is 12.8. The van der Waals surface area contributed by atoms with Gasteiger partial charge < -0.3 is 10.4 Å². The second-order valence-corrected chi connectivity index (χ2v) is 7.61. The highest BCUT2D eigenvalue weighted by Crippen LogP contribution is 2.27. The molecule has 0 bridgehead atoms. The Hall–Kier alpha value is -2.31. The largest absolute Gasteiger partial charge is 0.506 e. The van der Waals surface area contributed by atoms with Crippen molar-refractivity contribution in [1.82, 2.24) is 0 Å². The Morgan fingerprint density at radius 2 is 1.96 bits per heavy atom. The van der Waals surface area contributed by atoms with Crippen molar-refractivity contribution in [3.05, 3.63) is 59.1 Å². The molecule has 2 N–H and O–H groups in total. The Kier molecular flexibility index (Phi) is 5.64. The lowest BCUT2D eigenvalue weighted by Crippen LogP contribution is -2.10. The number of hydrogen-bond acceptors (Lipinski definition) is 4. The molecule has 0 saturated carbocycles. The van der Waals surface area contributed by atoms with Gasteiger partial charge >= 0.3 is 0 Å². The molecule has 7 heteroatoms. The van der Waals surface area contributed by atoms with Crippen LogP contribution in [0.25, 0.3) is 6.08 Å². The van der Waals surface area contributed by atoms with Gasteiger partial charge in [0.25, 0.3) is 0 Å². The summed E-state index contributed by atoms with van der Waals surface area (Å²) in [5.41, 5.74) is 0.694. The molecule has 2 aromatic carbocycles. The molecule has 0 atom stereocenters. The van der Waals surface area contributed by atoms with Crippen molar-refractivity contribution in [2.75, 3.05) is 11.1 Å². The fourth-order valence-corrected chi connectivity index (χ4v) is 3.03. The molecule has 0 radical (unpaired) electrons. The lowest BCUT2D eigenvalue weighted by molar-refractivity contribution is -0.111. The minimum atomic E-state index is -3.43. The zero-order valence-corrected chi connectivity index (χ0v) is 14.4. The van der Waals surface area contributed by atoms with E-state index in [9.17, 15) is 18.3 Å². The first-order valence-corrected chi connectivity index (χ1v) is 9.16. The molecule has 0 aliphatic heterocycles. The Morgan fingerprint density at radius 3 is 2.62 bits per heavy atom. The van der Waals surface area contributed by atoms with E-state index in [1.165, 1.54) is 37.3 Å². The van der Waals surface area contributed by atoms with Gasteiger partial charge in [0.15, 0.2) is 9.84 Å². The van der Waals surface area contributed by atoms with Crippen LogP contribution in [0.5, 0.6) is 5.75 Å². The van der Waals surface area contributed by atoms with Crippen molar-refractivity contribution in [2.24, 2.45) is 0 Å². The third kappa shape index (κ3) is 4.37. The maximum atomic E-state index is 12.0. The van der Waals surface area contributed by atoms with Crippen LogP contribution in [0.1, 0.15) is 12.5 Å². The van der Waals surface area contributed by atoms with Gasteiger partial charge in [-0.25, -0.2) is 8.42 Å². The van der Waals surface area contributed by atoms with E-state index < -0.39 is 15.7 Å². The molecule has 0 aromatic heterocycles. The molecule has 24 heavy (non-hydrogen) atoms. The Bertz CT molecular complexity index is 891. The summed E-state index contributed by atoms with van der Waals surface area (Å²) in [5.74, 6) is -0.807. The van der Waals surface area contributed by atoms with Crippen molar-refractivity contribution in [1.29, 1.82) is 0 Å². The maximum absolute atomic E-state index is 12.0. The van der Waals surface area contributed by atoms with Crippen LogP contribution in [0.3, 0.4) is 0 Å². The number of amides is 1. The summed E-state index contributed by atoms with van der Waals surface area (Å²) in [6.45, 7) is 1.52. The highest BCUT2D eigenvalue weighted by Gasteiger charge is 2.14. The molecule has 0 saturated heterocycles. The Balaban J connectivity index is 2.20. The fraction of sp³-hybridized carbons (Fsp3) is 0.118. The van der Waals surface area contributed by atoms with Gasteiger partial charge in [0, 0.05) is 11.1 Å². The lowest BCUT2D eigenvalue weighted by Gasteiger charge is -2.08. The number of aromatic hydroxyl groups is 1. The molecule has 0 fully saturated rings. The van der Waals surface area contributed by atoms with E-state index in [-0.39, 0.29) is 22.1 Å². The molecule has 0 spiro atoms. The summed E-state index contributed by atoms with van der Waals surface area (Å²) in [6, 6.07) is 10.8. The number of benzene rings is 2. The van der Waals surface area contributed by atoms with Crippen LogP contribution in [0.15, 0.2) is 53.4 Å². The predicted molar refractivity (Wildman–Crippen MR) is 94.9 cm³/mol. The van der Waals surface area contributed by atoms with E-state index in [4.69, 9.17) is 11.6 Å². The van der Waals surface area contributed by atoms with Gasteiger partial charge in [0.2, 0.25) is 5.91 Å². The van der Waals surface area contributed by atoms with Crippen LogP contribution in [-0.2, 0) is 14.6 Å². The van der Waals surface area contributed by atoms with Crippen molar-refractivity contribution in [2.45, 2.75) is 11.8 Å². The average Bonchev–Trinajstić information content (AvgIpc) is 2.56. The predicted octanol–water partition coefficient (Wildman–Crippen LogP) is 3.49. The number of nitrogens with one attached hydrogen (secondary N) is 1. The van der Waals surface area contributed by atoms with Crippen LogP contribution in [0.4, 0.5) is 5.69 Å². The summed E-state index contributed by atoms with van der Waals surface area (Å²) in [7, 11) is -3.43. The third-order valence-electron chi connectivity index (χ3n) is 3.28. The first-order chi connectivity index (χ1) is 11.3. The molecule has 0 unspecified atom stereocenters. The number of hydrogen-bond donors (Lipinski definition) is 2. The molecule has 2 aromatic rings. The van der Waals surface area contributed by atoms with E-state index in [0.717, 1.165) is 0 Å². The van der Waals surface area contributed by atoms with Crippen molar-refractivity contribution >= 4 is 39.1 Å². The van der Waals surface area contributed by atoms with E-state index >= 15 is 0 Å². The van der Waals surface area contributed by atoms with Gasteiger partial charge in [-0.2, -0.15) is 0 Å². The normalized spacial score (nSPS) is 11.6. The van der Waals surface area contributed by atoms with Crippen molar-refractivity contribution in [3.8, 4) is 5.75 Å². The Morgan fingerprint density at radius 1 is 1.25 bits per heavy atom. The van der Waals surface area contributed by atoms with E-state index in [1.807, 2.05) is 0 Å². The van der Waals surface area contributed by atoms with Gasteiger partial charge in [-0.3, -0.25) is 4.79 Å². The number of rotatable bonds is 5. The second kappa shape index (κ2) is 7.51. The van der Waals surface area contributed by atoms with Gasteiger partial charge in [0.05, 0.1) is 16.3 Å². The van der Waals surface area contributed by atoms with Crippen LogP contribution in [0, 0.1) is 0 Å². The standard InChI is InChI=1S/C17H16ClNO4S/c1-2-24(22,23)13-8-9-16(20)15(11-13)19-17(21)10-7-12-5-3-4-6-14(12)18/h3-11,20H,2H2,1H3,(H,19,21). The summed E-state index contributed by atoms with van der Waals surface area (Å²) >= 11 is 5.99. The van der Waals surface area contributed by atoms with Crippen LogP contribution in [0.2, 0.25) is 5.02 Å². The highest BCUT2D eigenvalue weighted by atomic mass is 35.5. The van der Waals surface area contributed by atoms with Crippen LogP contribution < -0.4 is 5.32 Å². The molecular formula is C17H16ClNO4S. The first-order valence-electron chi connectivity index (χ1n) is 7.13. The maximum Gasteiger partial charge on any atom is 0.248 e. The summed E-state index contributed by atoms with van der Waals surface area (Å²) < 4.78 is 23.8. The van der Waals surface area contributed by atoms with Crippen LogP contribution >= 0.6 is 11.6 Å². The summed E-state index contributed by atoms with van der Waals surface area (Å²) in [6.07, 6.45) is 2.78. The zero-order chi connectivity index (χ0) is 17.7. The Labute approximate surface area is 145 Å². The molecule has 1 amide bonds. The minimum Gasteiger partial charge on any atom is -0.506 e. The number of anilines is 1. The quantitative estimate of drug-likeness (QED) is 0.627. The van der Waals surface area contributed by atoms with Gasteiger partial charge in [0.1, 0.15) is 5.75 Å². The van der Waals surface area contributed by atoms with Crippen LogP contribution in [-0.4, -0.2) is 25.2 Å². The lowest BCUT2D eigenvalue weighted by atomic mass is 10.2. The molecule has 0 aliphatic rings. The number of phenols is 1. The molecular weight excluding hydrogens is 350 g/mol. The van der Waals surface area contributed by atoms with Gasteiger partial charge in [-0.05, 0) is 35.9 Å². The number of carbonyl (C=O) groups excluding carboxylic acids is 1. The monoisotopic (exact) mass is 365 g/mol. The first kappa shape index (κ1) is 18.0. The second-order valence-electron chi connectivity index (χ2n) is 4.93. The molecule has 2 rings (SSSR count). The molecule has 0 aliphatic carbocycles. The summed E-state index contributed by atoms with van der Waals surface area (Å²) in [4.78, 5) is 12.0. The zero-order valence-electron chi connectivity index (χ0n) is 12.9. The number of halogens is 1. The van der Waals surface area contributed by atoms with Crippen molar-refractivity contribution in [3.63, 3.8) is 0 Å². The number of carbonyl (C=O) groups is 1. The van der Waals surface area contributed by atoms with E-state index in [2.05, 4.69) is 5.32 Å². The molecule has 5 nitrogen and oxygen atoms in total. The highest BCUT2D eigenvalue weighted by molar-refractivity contribution is 7.91. The SMILES string of the molecule is CCS(=O)(=O)c1ccc(O)c(NC(=O)C=Cc2ccccc2Cl)c1. The van der Waals surface area contributed by atoms with E-state index in [0.29, 0.717) is 10.6 Å². The van der Waals surface area contributed by atoms with E-state index in [1.54, 1.807) is 24.3 Å². The molecule has 0 heterocycles.